The second-order valence-electron chi connectivity index (χ2n) is 32.0. The molecule has 2 heterocycles. The maximum Gasteiger partial charge on any atom is 0.0145 e. The van der Waals surface area contributed by atoms with Crippen molar-refractivity contribution in [2.75, 3.05) is 0 Å². The van der Waals surface area contributed by atoms with Crippen LogP contribution in [0.4, 0.5) is 0 Å². The van der Waals surface area contributed by atoms with Crippen LogP contribution in [0.25, 0.3) is 0 Å². The third-order valence-electron chi connectivity index (χ3n) is 22.8. The van der Waals surface area contributed by atoms with Gasteiger partial charge >= 0.3 is 0 Å². The van der Waals surface area contributed by atoms with Gasteiger partial charge in [-0.25, -0.2) is 0 Å². The van der Waals surface area contributed by atoms with Gasteiger partial charge in [0.05, 0.1) is 0 Å². The van der Waals surface area contributed by atoms with Crippen LogP contribution in [0.5, 0.6) is 0 Å². The molecule has 2 aliphatic carbocycles. The molecule has 2 aliphatic rings. The molecule has 4 atom stereocenters. The topological polar surface area (TPSA) is 31.6 Å². The van der Waals surface area contributed by atoms with E-state index >= 15 is 0 Å². The van der Waals surface area contributed by atoms with Gasteiger partial charge in [-0.1, -0.05) is 301 Å². The molecule has 566 valence electrons. The fourth-order valence-electron chi connectivity index (χ4n) is 14.7. The van der Waals surface area contributed by atoms with Gasteiger partial charge in [0.1, 0.15) is 0 Å². The molecule has 2 heteroatoms. The highest BCUT2D eigenvalue weighted by Gasteiger charge is 2.42. The zero-order valence-electron chi connectivity index (χ0n) is 70.1. The summed E-state index contributed by atoms with van der Waals surface area (Å²) in [4.78, 5) is 6.21. The van der Waals surface area contributed by atoms with Crippen LogP contribution in [0.15, 0.2) is 267 Å². The molecular formula is C107H128N2. The summed E-state index contributed by atoms with van der Waals surface area (Å²) in [5, 5.41) is 0. The molecule has 2 bridgehead atoms. The summed E-state index contributed by atoms with van der Waals surface area (Å²) in [7, 11) is 0. The summed E-state index contributed by atoms with van der Waals surface area (Å²) in [6, 6.07) is 94.3. The van der Waals surface area contributed by atoms with E-state index in [1.165, 1.54) is 180 Å². The SMILES string of the molecule is CC1C2CCC(C2)C1C.Cc1c(C)c(C)c(C)c(C)c1C.Cc1cc[nH]c1C.Cc1ccc(C)[nH]1.Cc1ccc(Cc2ccc(C)cc2)cc1.Cc1ccc(Cc2ccc(Cc3ccc(Cc4ccc(C)cc4)cc3)cc2)cc1.Cc1ccc(Cc2cccc(C)c2)cc1.Cc1cccc(Cc2cccc(C)c2)c1. The Morgan fingerprint density at radius 2 is 0.459 bits per heavy atom. The minimum absolute atomic E-state index is 0.982. The lowest BCUT2D eigenvalue weighted by Crippen LogP contribution is -2.15. The summed E-state index contributed by atoms with van der Waals surface area (Å²) in [5.41, 5.74) is 40.9. The number of hydrogen-bond donors (Lipinski definition) is 2. The first-order valence-corrected chi connectivity index (χ1v) is 40.1. The summed E-state index contributed by atoms with van der Waals surface area (Å²) in [5.74, 6) is 4.32. The fraction of sp³-hybridized carbons (Fsp3) is 0.308. The Labute approximate surface area is 660 Å². The van der Waals surface area contributed by atoms with Crippen molar-refractivity contribution in [2.45, 2.75) is 196 Å². The van der Waals surface area contributed by atoms with Crippen LogP contribution in [0.1, 0.15) is 200 Å². The van der Waals surface area contributed by atoms with E-state index in [1.807, 2.05) is 20.0 Å². The van der Waals surface area contributed by atoms with Crippen molar-refractivity contribution in [3.05, 3.63) is 434 Å². The summed E-state index contributed by atoms with van der Waals surface area (Å²) in [6.45, 7) is 43.4. The fourth-order valence-corrected chi connectivity index (χ4v) is 14.7. The van der Waals surface area contributed by atoms with Crippen molar-refractivity contribution in [3.63, 3.8) is 0 Å². The highest BCUT2D eigenvalue weighted by Crippen LogP contribution is 2.51. The third kappa shape index (κ3) is 28.5. The molecule has 0 radical (unpaired) electrons. The Balaban J connectivity index is 0.000000164. The van der Waals surface area contributed by atoms with Crippen LogP contribution in [-0.2, 0) is 38.5 Å². The zero-order valence-corrected chi connectivity index (χ0v) is 70.1. The number of fused-ring (bicyclic) bond motifs is 2. The maximum absolute atomic E-state index is 3.14. The number of aromatic nitrogens is 2. The smallest absolute Gasteiger partial charge is 0.0145 e. The lowest BCUT2D eigenvalue weighted by atomic mass is 9.82. The first-order chi connectivity index (χ1) is 52.2. The molecule has 109 heavy (non-hydrogen) atoms. The lowest BCUT2D eigenvalue weighted by Gasteiger charge is -2.24. The minimum Gasteiger partial charge on any atom is -0.365 e. The number of H-pyrrole nitrogens is 2. The summed E-state index contributed by atoms with van der Waals surface area (Å²) >= 11 is 0. The molecule has 13 aromatic rings. The van der Waals surface area contributed by atoms with Gasteiger partial charge in [0.2, 0.25) is 0 Å². The first kappa shape index (κ1) is 84.6. The molecule has 0 aliphatic heterocycles. The Morgan fingerprint density at radius 1 is 0.239 bits per heavy atom. The van der Waals surface area contributed by atoms with Crippen molar-refractivity contribution in [2.24, 2.45) is 23.7 Å². The molecule has 2 fully saturated rings. The number of hydrogen-bond acceptors (Lipinski definition) is 0. The van der Waals surface area contributed by atoms with E-state index in [-0.39, 0.29) is 0 Å². The number of benzene rings is 11. The monoisotopic (exact) mass is 1440 g/mol. The number of nitrogens with one attached hydrogen (secondary N) is 2. The van der Waals surface area contributed by atoms with Crippen LogP contribution in [0.3, 0.4) is 0 Å². The van der Waals surface area contributed by atoms with Gasteiger partial charge in [-0.05, 0) is 330 Å². The molecule has 0 spiro atoms. The molecule has 2 nitrogen and oxygen atoms in total. The van der Waals surface area contributed by atoms with Gasteiger partial charge in [-0.15, -0.1) is 0 Å². The Hall–Kier alpha value is -10.0. The molecule has 2 saturated carbocycles. The van der Waals surface area contributed by atoms with E-state index < -0.39 is 0 Å². The predicted molar refractivity (Wildman–Crippen MR) is 474 cm³/mol. The van der Waals surface area contributed by atoms with E-state index in [0.717, 1.165) is 62.2 Å². The van der Waals surface area contributed by atoms with Crippen molar-refractivity contribution in [3.8, 4) is 0 Å². The van der Waals surface area contributed by atoms with Gasteiger partial charge in [0.15, 0.2) is 0 Å². The first-order valence-electron chi connectivity index (χ1n) is 40.1. The molecule has 0 amide bonds. The van der Waals surface area contributed by atoms with E-state index in [4.69, 9.17) is 0 Å². The average Bonchev–Trinajstić information content (AvgIpc) is 1.63. The van der Waals surface area contributed by atoms with Crippen LogP contribution in [-0.4, -0.2) is 9.97 Å². The van der Waals surface area contributed by atoms with Crippen LogP contribution >= 0.6 is 0 Å². The van der Waals surface area contributed by atoms with Crippen molar-refractivity contribution >= 4 is 0 Å². The minimum atomic E-state index is 0.982. The highest BCUT2D eigenvalue weighted by molar-refractivity contribution is 5.49. The standard InChI is InChI=1S/C29H28.3C15H16.C12H18.C9H16.2C6H9N/c1-22-3-7-24(8-4-22)19-26-11-15-28(16-12-26)21-29-17-13-27(14-18-29)20-25-9-5-23(2)6-10-25;1-12-3-7-14(8-4-12)11-15-9-5-13(2)6-10-15;1-12-5-3-7-14(9-12)11-15-8-4-6-13(2)10-15;1-12-6-8-14(9-7-12)11-15-5-3-4-13(2)10-15;1-7-8(2)10(4)12(6)11(5)9(7)3;1-6-7(2)9-4-3-8(6)5-9;1-5-3-4-7-6(5)2;1-5-3-4-6(2)7-5/h3-18H,19-21H2,1-2H3;3*3-10H,11H2,1-2H3;1-6H3;6-9H,3-5H2,1-2H3;2*3-4,7H,1-2H3. The number of aromatic amines is 2. The molecule has 15 rings (SSSR count). The van der Waals surface area contributed by atoms with E-state index in [2.05, 4.69) is 395 Å². The van der Waals surface area contributed by atoms with Crippen LogP contribution in [0, 0.1) is 148 Å². The normalized spacial score (nSPS) is 14.2. The van der Waals surface area contributed by atoms with E-state index in [9.17, 15) is 0 Å². The molecule has 11 aromatic carbocycles. The van der Waals surface area contributed by atoms with Gasteiger partial charge < -0.3 is 9.97 Å². The predicted octanol–water partition coefficient (Wildman–Crippen LogP) is 28.2. The Kier molecular flexibility index (Phi) is 33.1. The lowest BCUT2D eigenvalue weighted by molar-refractivity contribution is 0.259. The van der Waals surface area contributed by atoms with Gasteiger partial charge in [-0.3, -0.25) is 0 Å². The summed E-state index contributed by atoms with van der Waals surface area (Å²) in [6.07, 6.45) is 12.6. The van der Waals surface area contributed by atoms with Crippen molar-refractivity contribution < 1.29 is 0 Å². The quantitative estimate of drug-likeness (QED) is 0.122. The van der Waals surface area contributed by atoms with Crippen LogP contribution < -0.4 is 0 Å². The van der Waals surface area contributed by atoms with E-state index in [1.54, 1.807) is 6.42 Å². The second kappa shape index (κ2) is 42.7. The highest BCUT2D eigenvalue weighted by atomic mass is 14.7. The van der Waals surface area contributed by atoms with Crippen molar-refractivity contribution in [1.82, 2.24) is 9.97 Å². The maximum atomic E-state index is 3.14. The van der Waals surface area contributed by atoms with E-state index in [0.29, 0.717) is 0 Å². The number of aryl methyl sites for hydroxylation is 12. The molecular weight excluding hydrogens is 1310 g/mol. The van der Waals surface area contributed by atoms with Gasteiger partial charge in [0, 0.05) is 23.3 Å². The molecule has 2 aromatic heterocycles. The molecule has 2 N–H and O–H groups in total. The zero-order chi connectivity index (χ0) is 78.5. The van der Waals surface area contributed by atoms with Gasteiger partial charge in [-0.2, -0.15) is 0 Å². The van der Waals surface area contributed by atoms with Crippen molar-refractivity contribution in [1.29, 1.82) is 0 Å². The molecule has 0 saturated heterocycles. The third-order valence-corrected chi connectivity index (χ3v) is 22.8. The summed E-state index contributed by atoms with van der Waals surface area (Å²) < 4.78 is 0. The largest absolute Gasteiger partial charge is 0.365 e. The Morgan fingerprint density at radius 3 is 0.624 bits per heavy atom. The molecule has 4 unspecified atom stereocenters. The average molecular weight is 1440 g/mol. The van der Waals surface area contributed by atoms with Crippen LogP contribution in [0.2, 0.25) is 0 Å². The van der Waals surface area contributed by atoms with Gasteiger partial charge in [0.25, 0.3) is 0 Å². The number of rotatable bonds is 12. The Bertz CT molecular complexity index is 4490. The second-order valence-corrected chi connectivity index (χ2v) is 32.0.